The number of hydrogen-bond donors (Lipinski definition) is 0. The normalized spacial score (nSPS) is 11.3. The van der Waals surface area contributed by atoms with Crippen LogP contribution in [0.25, 0.3) is 11.0 Å². The SMILES string of the molecule is CCOC(=O)c1oc2ccc(SN(CCc3ccccc3)Cc3cc(F)ccc3C)cc2c1C. The lowest BCUT2D eigenvalue weighted by molar-refractivity contribution is 0.0491. The van der Waals surface area contributed by atoms with Gasteiger partial charge in [-0.1, -0.05) is 36.4 Å². The number of carbonyl (C=O) groups excluding carboxylic acids is 1. The quantitative estimate of drug-likeness (QED) is 0.190. The highest BCUT2D eigenvalue weighted by molar-refractivity contribution is 7.97. The van der Waals surface area contributed by atoms with E-state index >= 15 is 0 Å². The summed E-state index contributed by atoms with van der Waals surface area (Å²) in [5, 5.41) is 0.887. The first-order valence-corrected chi connectivity index (χ1v) is 12.1. The fourth-order valence-electron chi connectivity index (χ4n) is 3.85. The molecule has 6 heteroatoms. The second kappa shape index (κ2) is 10.9. The van der Waals surface area contributed by atoms with Crippen molar-refractivity contribution < 1.29 is 18.3 Å². The molecule has 0 saturated carbocycles. The van der Waals surface area contributed by atoms with Crippen LogP contribution in [0.1, 0.15) is 39.7 Å². The smallest absolute Gasteiger partial charge is 0.374 e. The molecule has 0 fully saturated rings. The summed E-state index contributed by atoms with van der Waals surface area (Å²) < 4.78 is 27.1. The number of furan rings is 1. The van der Waals surface area contributed by atoms with E-state index in [9.17, 15) is 9.18 Å². The summed E-state index contributed by atoms with van der Waals surface area (Å²) in [6.07, 6.45) is 0.877. The number of carbonyl (C=O) groups is 1. The van der Waals surface area contributed by atoms with Crippen LogP contribution in [0.15, 0.2) is 76.0 Å². The van der Waals surface area contributed by atoms with Gasteiger partial charge >= 0.3 is 5.97 Å². The monoisotopic (exact) mass is 477 g/mol. The molecular formula is C28H28FNO3S. The standard InChI is InChI=1S/C28H28FNO3S/c1-4-32-28(31)27-20(3)25-17-24(12-13-26(25)33-27)34-30(15-14-21-8-6-5-7-9-21)18-22-16-23(29)11-10-19(22)2/h5-13,16-17H,4,14-15,18H2,1-3H3. The largest absolute Gasteiger partial charge is 0.460 e. The van der Waals surface area contributed by atoms with Crippen molar-refractivity contribution >= 4 is 28.9 Å². The zero-order valence-electron chi connectivity index (χ0n) is 19.6. The third-order valence-electron chi connectivity index (χ3n) is 5.75. The van der Waals surface area contributed by atoms with E-state index in [2.05, 4.69) is 16.4 Å². The van der Waals surface area contributed by atoms with Crippen LogP contribution in [-0.2, 0) is 17.7 Å². The fourth-order valence-corrected chi connectivity index (χ4v) is 4.84. The van der Waals surface area contributed by atoms with Crippen molar-refractivity contribution in [2.24, 2.45) is 0 Å². The molecule has 0 aliphatic rings. The van der Waals surface area contributed by atoms with Gasteiger partial charge in [-0.15, -0.1) is 0 Å². The lowest BCUT2D eigenvalue weighted by Crippen LogP contribution is -2.19. The number of esters is 1. The van der Waals surface area contributed by atoms with Gasteiger partial charge in [0.1, 0.15) is 11.4 Å². The molecule has 0 aliphatic heterocycles. The summed E-state index contributed by atoms with van der Waals surface area (Å²) in [5.74, 6) is -0.428. The Morgan fingerprint density at radius 3 is 2.62 bits per heavy atom. The highest BCUT2D eigenvalue weighted by Gasteiger charge is 2.19. The van der Waals surface area contributed by atoms with Gasteiger partial charge in [0.25, 0.3) is 0 Å². The van der Waals surface area contributed by atoms with E-state index in [4.69, 9.17) is 9.15 Å². The van der Waals surface area contributed by atoms with Gasteiger partial charge in [-0.3, -0.25) is 0 Å². The number of fused-ring (bicyclic) bond motifs is 1. The van der Waals surface area contributed by atoms with Gasteiger partial charge in [0.2, 0.25) is 5.76 Å². The highest BCUT2D eigenvalue weighted by Crippen LogP contribution is 2.32. The van der Waals surface area contributed by atoms with Crippen LogP contribution < -0.4 is 0 Å². The number of benzene rings is 3. The molecule has 34 heavy (non-hydrogen) atoms. The lowest BCUT2D eigenvalue weighted by atomic mass is 10.1. The van der Waals surface area contributed by atoms with Gasteiger partial charge in [0.05, 0.1) is 6.61 Å². The van der Waals surface area contributed by atoms with Crippen molar-refractivity contribution in [3.8, 4) is 0 Å². The second-order valence-corrected chi connectivity index (χ2v) is 9.37. The predicted octanol–water partition coefficient (Wildman–Crippen LogP) is 7.12. The van der Waals surface area contributed by atoms with Gasteiger partial charge < -0.3 is 9.15 Å². The van der Waals surface area contributed by atoms with E-state index < -0.39 is 5.97 Å². The molecule has 4 nitrogen and oxygen atoms in total. The lowest BCUT2D eigenvalue weighted by Gasteiger charge is -2.22. The Kier molecular flexibility index (Phi) is 7.70. The van der Waals surface area contributed by atoms with E-state index in [1.54, 1.807) is 24.9 Å². The summed E-state index contributed by atoms with van der Waals surface area (Å²) in [5.41, 5.74) is 4.70. The molecule has 1 aromatic heterocycles. The minimum atomic E-state index is -0.448. The Morgan fingerprint density at radius 1 is 1.06 bits per heavy atom. The molecule has 0 bridgehead atoms. The molecule has 0 amide bonds. The molecule has 0 radical (unpaired) electrons. The Bertz CT molecular complexity index is 1290. The number of hydrogen-bond acceptors (Lipinski definition) is 5. The maximum absolute atomic E-state index is 13.9. The molecule has 0 saturated heterocycles. The maximum atomic E-state index is 13.9. The molecule has 0 unspecified atom stereocenters. The molecule has 0 atom stereocenters. The van der Waals surface area contributed by atoms with Crippen molar-refractivity contribution in [1.29, 1.82) is 0 Å². The van der Waals surface area contributed by atoms with Crippen molar-refractivity contribution in [3.63, 3.8) is 0 Å². The van der Waals surface area contributed by atoms with Crippen LogP contribution in [0, 0.1) is 19.7 Å². The minimum Gasteiger partial charge on any atom is -0.460 e. The zero-order chi connectivity index (χ0) is 24.1. The number of ether oxygens (including phenoxy) is 1. The number of rotatable bonds is 9. The first kappa shape index (κ1) is 24.0. The Morgan fingerprint density at radius 2 is 1.85 bits per heavy atom. The van der Waals surface area contributed by atoms with Crippen LogP contribution in [0.3, 0.4) is 0 Å². The molecule has 3 aromatic carbocycles. The molecule has 0 N–H and O–H groups in total. The summed E-state index contributed by atoms with van der Waals surface area (Å²) in [6.45, 7) is 7.35. The van der Waals surface area contributed by atoms with E-state index in [1.165, 1.54) is 11.6 Å². The summed E-state index contributed by atoms with van der Waals surface area (Å²) in [4.78, 5) is 13.2. The number of halogens is 1. The van der Waals surface area contributed by atoms with Crippen molar-refractivity contribution in [1.82, 2.24) is 4.31 Å². The summed E-state index contributed by atoms with van der Waals surface area (Å²) >= 11 is 1.62. The van der Waals surface area contributed by atoms with Crippen LogP contribution in [0.4, 0.5) is 4.39 Å². The average Bonchev–Trinajstić information content (AvgIpc) is 3.16. The van der Waals surface area contributed by atoms with E-state index in [0.717, 1.165) is 39.9 Å². The van der Waals surface area contributed by atoms with Gasteiger partial charge in [0, 0.05) is 28.9 Å². The maximum Gasteiger partial charge on any atom is 0.374 e. The average molecular weight is 478 g/mol. The van der Waals surface area contributed by atoms with Gasteiger partial charge in [-0.25, -0.2) is 13.5 Å². The van der Waals surface area contributed by atoms with Crippen LogP contribution in [0.5, 0.6) is 0 Å². The molecule has 1 heterocycles. The van der Waals surface area contributed by atoms with E-state index in [0.29, 0.717) is 18.7 Å². The Hall–Kier alpha value is -3.09. The van der Waals surface area contributed by atoms with E-state index in [-0.39, 0.29) is 11.6 Å². The van der Waals surface area contributed by atoms with Crippen molar-refractivity contribution in [2.75, 3.05) is 13.2 Å². The zero-order valence-corrected chi connectivity index (χ0v) is 20.5. The van der Waals surface area contributed by atoms with E-state index in [1.807, 2.05) is 56.3 Å². The third-order valence-corrected chi connectivity index (χ3v) is 6.79. The van der Waals surface area contributed by atoms with Crippen molar-refractivity contribution in [2.45, 2.75) is 38.6 Å². The van der Waals surface area contributed by atoms with Crippen LogP contribution in [0.2, 0.25) is 0 Å². The van der Waals surface area contributed by atoms with Gasteiger partial charge in [0.15, 0.2) is 0 Å². The second-order valence-electron chi connectivity index (χ2n) is 8.20. The fraction of sp³-hybridized carbons (Fsp3) is 0.250. The summed E-state index contributed by atoms with van der Waals surface area (Å²) in [7, 11) is 0. The minimum absolute atomic E-state index is 0.226. The molecule has 0 spiro atoms. The summed E-state index contributed by atoms with van der Waals surface area (Å²) in [6, 6.07) is 21.2. The first-order valence-electron chi connectivity index (χ1n) is 11.4. The van der Waals surface area contributed by atoms with Crippen LogP contribution in [-0.4, -0.2) is 23.4 Å². The molecular weight excluding hydrogens is 449 g/mol. The van der Waals surface area contributed by atoms with Gasteiger partial charge in [-0.2, -0.15) is 0 Å². The topological polar surface area (TPSA) is 42.7 Å². The Balaban J connectivity index is 1.59. The highest BCUT2D eigenvalue weighted by atomic mass is 32.2. The molecule has 4 rings (SSSR count). The molecule has 4 aromatic rings. The third kappa shape index (κ3) is 5.69. The first-order chi connectivity index (χ1) is 16.4. The number of aryl methyl sites for hydroxylation is 2. The molecule has 176 valence electrons. The predicted molar refractivity (Wildman–Crippen MR) is 134 cm³/mol. The van der Waals surface area contributed by atoms with Crippen LogP contribution >= 0.6 is 11.9 Å². The Labute approximate surface area is 203 Å². The van der Waals surface area contributed by atoms with Gasteiger partial charge in [-0.05, 0) is 86.2 Å². The number of nitrogens with zero attached hydrogens (tertiary/aromatic N) is 1. The molecule has 0 aliphatic carbocycles. The van der Waals surface area contributed by atoms with Crippen molar-refractivity contribution in [3.05, 3.63) is 101 Å².